The second kappa shape index (κ2) is 9.75. The molecular formula is C20H27IN4O. The molecule has 3 rings (SSSR count). The first-order valence-corrected chi connectivity index (χ1v) is 8.83. The summed E-state index contributed by atoms with van der Waals surface area (Å²) < 4.78 is 5.39. The highest BCUT2D eigenvalue weighted by Crippen LogP contribution is 2.22. The number of hydrogen-bond donors (Lipinski definition) is 1. The van der Waals surface area contributed by atoms with E-state index in [0.717, 1.165) is 36.9 Å². The number of rotatable bonds is 4. The first-order chi connectivity index (χ1) is 12.2. The Kier molecular flexibility index (Phi) is 7.68. The molecule has 2 heterocycles. The summed E-state index contributed by atoms with van der Waals surface area (Å²) in [4.78, 5) is 6.66. The highest BCUT2D eigenvalue weighted by atomic mass is 127. The molecular weight excluding hydrogens is 439 g/mol. The van der Waals surface area contributed by atoms with E-state index in [4.69, 9.17) is 4.52 Å². The second-order valence-electron chi connectivity index (χ2n) is 6.56. The van der Waals surface area contributed by atoms with Gasteiger partial charge in [0.05, 0.1) is 12.2 Å². The molecule has 0 spiro atoms. The van der Waals surface area contributed by atoms with Crippen LogP contribution in [0.25, 0.3) is 5.57 Å². The topological polar surface area (TPSA) is 53.7 Å². The molecule has 1 aromatic heterocycles. The summed E-state index contributed by atoms with van der Waals surface area (Å²) in [5.74, 6) is 2.11. The van der Waals surface area contributed by atoms with Gasteiger partial charge in [0.15, 0.2) is 11.7 Å². The van der Waals surface area contributed by atoms with Crippen LogP contribution in [0, 0.1) is 0 Å². The minimum Gasteiger partial charge on any atom is -0.359 e. The molecule has 0 fully saturated rings. The van der Waals surface area contributed by atoms with Gasteiger partial charge in [-0.2, -0.15) is 0 Å². The van der Waals surface area contributed by atoms with Gasteiger partial charge in [0.2, 0.25) is 0 Å². The van der Waals surface area contributed by atoms with Gasteiger partial charge in [-0.05, 0) is 23.5 Å². The maximum Gasteiger partial charge on any atom is 0.194 e. The normalized spacial score (nSPS) is 14.8. The lowest BCUT2D eigenvalue weighted by Crippen LogP contribution is -2.43. The third kappa shape index (κ3) is 5.09. The molecule has 0 aliphatic carbocycles. The fourth-order valence-electron chi connectivity index (χ4n) is 2.96. The molecule has 0 amide bonds. The Bertz CT molecular complexity index is 752. The molecule has 0 saturated heterocycles. The minimum absolute atomic E-state index is 0. The van der Waals surface area contributed by atoms with E-state index in [1.807, 2.05) is 13.1 Å². The van der Waals surface area contributed by atoms with Crippen molar-refractivity contribution in [3.63, 3.8) is 0 Å². The average molecular weight is 466 g/mol. The summed E-state index contributed by atoms with van der Waals surface area (Å²) in [6, 6.07) is 12.6. The van der Waals surface area contributed by atoms with E-state index in [1.54, 1.807) is 0 Å². The Morgan fingerprint density at radius 2 is 2.08 bits per heavy atom. The number of hydrogen-bond acceptors (Lipinski definition) is 3. The van der Waals surface area contributed by atoms with E-state index >= 15 is 0 Å². The van der Waals surface area contributed by atoms with Crippen LogP contribution in [-0.2, 0) is 6.54 Å². The van der Waals surface area contributed by atoms with E-state index in [1.165, 1.54) is 11.1 Å². The van der Waals surface area contributed by atoms with Gasteiger partial charge in [0.25, 0.3) is 0 Å². The molecule has 6 heteroatoms. The van der Waals surface area contributed by atoms with Crippen LogP contribution in [0.4, 0.5) is 0 Å². The third-order valence-electron chi connectivity index (χ3n) is 4.45. The largest absolute Gasteiger partial charge is 0.359 e. The molecule has 1 aliphatic heterocycles. The van der Waals surface area contributed by atoms with Crippen molar-refractivity contribution in [1.82, 2.24) is 15.4 Å². The first kappa shape index (κ1) is 20.5. The van der Waals surface area contributed by atoms with Gasteiger partial charge < -0.3 is 14.7 Å². The second-order valence-corrected chi connectivity index (χ2v) is 6.56. The molecule has 0 unspecified atom stereocenters. The van der Waals surface area contributed by atoms with Crippen LogP contribution >= 0.6 is 24.0 Å². The predicted molar refractivity (Wildman–Crippen MR) is 117 cm³/mol. The highest BCUT2D eigenvalue weighted by Gasteiger charge is 2.16. The zero-order valence-corrected chi connectivity index (χ0v) is 17.9. The number of aromatic nitrogens is 1. The number of halogens is 1. The smallest absolute Gasteiger partial charge is 0.194 e. The van der Waals surface area contributed by atoms with Crippen LogP contribution in [0.2, 0.25) is 0 Å². The molecule has 1 N–H and O–H groups in total. The van der Waals surface area contributed by atoms with Gasteiger partial charge >= 0.3 is 0 Å². The molecule has 0 bridgehead atoms. The summed E-state index contributed by atoms with van der Waals surface area (Å²) >= 11 is 0. The lowest BCUT2D eigenvalue weighted by atomic mass is 10.00. The number of nitrogens with zero attached hydrogens (tertiary/aromatic N) is 3. The van der Waals surface area contributed by atoms with Crippen molar-refractivity contribution >= 4 is 35.5 Å². The van der Waals surface area contributed by atoms with Crippen molar-refractivity contribution in [3.05, 3.63) is 59.5 Å². The maximum atomic E-state index is 5.39. The van der Waals surface area contributed by atoms with Crippen LogP contribution in [0.1, 0.15) is 43.2 Å². The molecule has 1 aliphatic rings. The zero-order valence-electron chi connectivity index (χ0n) is 15.6. The summed E-state index contributed by atoms with van der Waals surface area (Å²) in [7, 11) is 1.82. The predicted octanol–water partition coefficient (Wildman–Crippen LogP) is 4.28. The number of guanidine groups is 1. The molecule has 5 nitrogen and oxygen atoms in total. The number of benzene rings is 1. The zero-order chi connectivity index (χ0) is 17.6. The van der Waals surface area contributed by atoms with Gasteiger partial charge in [-0.1, -0.05) is 55.4 Å². The molecule has 2 aromatic rings. The molecule has 0 radical (unpaired) electrons. The molecule has 0 saturated carbocycles. The van der Waals surface area contributed by atoms with Crippen molar-refractivity contribution in [2.24, 2.45) is 4.99 Å². The lowest BCUT2D eigenvalue weighted by Gasteiger charge is -2.29. The monoisotopic (exact) mass is 466 g/mol. The van der Waals surface area contributed by atoms with Crippen LogP contribution in [0.15, 0.2) is 52.0 Å². The SMILES string of the molecule is CN=C(NCc1cc(C(C)C)no1)N1CC=C(c2ccccc2)CC1.I. The van der Waals surface area contributed by atoms with Gasteiger partial charge in [0.1, 0.15) is 0 Å². The van der Waals surface area contributed by atoms with E-state index in [9.17, 15) is 0 Å². The van der Waals surface area contributed by atoms with Crippen LogP contribution < -0.4 is 5.32 Å². The Labute approximate surface area is 172 Å². The summed E-state index contributed by atoms with van der Waals surface area (Å²) in [5, 5.41) is 7.47. The standard InChI is InChI=1S/C20H26N4O.HI/c1-15(2)19-13-18(25-23-19)14-22-20(21-3)24-11-9-17(10-12-24)16-7-5-4-6-8-16;/h4-9,13,15H,10-12,14H2,1-3H3,(H,21,22);1H. The van der Waals surface area contributed by atoms with Gasteiger partial charge in [-0.25, -0.2) is 0 Å². The van der Waals surface area contributed by atoms with E-state index in [0.29, 0.717) is 12.5 Å². The summed E-state index contributed by atoms with van der Waals surface area (Å²) in [6.45, 7) is 6.63. The van der Waals surface area contributed by atoms with Crippen molar-refractivity contribution < 1.29 is 4.52 Å². The van der Waals surface area contributed by atoms with Crippen LogP contribution in [0.3, 0.4) is 0 Å². The number of aliphatic imine (C=N–C) groups is 1. The van der Waals surface area contributed by atoms with Gasteiger partial charge in [0, 0.05) is 26.2 Å². The Morgan fingerprint density at radius 1 is 1.31 bits per heavy atom. The molecule has 140 valence electrons. The maximum absolute atomic E-state index is 5.39. The van der Waals surface area contributed by atoms with Gasteiger partial charge in [-0.3, -0.25) is 4.99 Å². The first-order valence-electron chi connectivity index (χ1n) is 8.83. The van der Waals surface area contributed by atoms with E-state index in [2.05, 4.69) is 70.6 Å². The molecule has 26 heavy (non-hydrogen) atoms. The highest BCUT2D eigenvalue weighted by molar-refractivity contribution is 14.0. The number of nitrogens with one attached hydrogen (secondary N) is 1. The average Bonchev–Trinajstić information content (AvgIpc) is 3.13. The Hall–Kier alpha value is -1.83. The quantitative estimate of drug-likeness (QED) is 0.415. The third-order valence-corrected chi connectivity index (χ3v) is 4.45. The summed E-state index contributed by atoms with van der Waals surface area (Å²) in [6.07, 6.45) is 3.31. The van der Waals surface area contributed by atoms with Crippen LogP contribution in [0.5, 0.6) is 0 Å². The van der Waals surface area contributed by atoms with Gasteiger partial charge in [-0.15, -0.1) is 24.0 Å². The molecule has 1 aromatic carbocycles. The van der Waals surface area contributed by atoms with Crippen LogP contribution in [-0.4, -0.2) is 36.2 Å². The van der Waals surface area contributed by atoms with Crippen molar-refractivity contribution in [2.45, 2.75) is 32.7 Å². The lowest BCUT2D eigenvalue weighted by molar-refractivity contribution is 0.367. The Balaban J connectivity index is 0.00000243. The van der Waals surface area contributed by atoms with E-state index in [-0.39, 0.29) is 24.0 Å². The van der Waals surface area contributed by atoms with Crippen molar-refractivity contribution in [1.29, 1.82) is 0 Å². The minimum atomic E-state index is 0. The Morgan fingerprint density at radius 3 is 2.65 bits per heavy atom. The molecule has 0 atom stereocenters. The van der Waals surface area contributed by atoms with Crippen molar-refractivity contribution in [2.75, 3.05) is 20.1 Å². The fourth-order valence-corrected chi connectivity index (χ4v) is 2.96. The summed E-state index contributed by atoms with van der Waals surface area (Å²) in [5.41, 5.74) is 3.71. The van der Waals surface area contributed by atoms with Crippen molar-refractivity contribution in [3.8, 4) is 0 Å². The fraction of sp³-hybridized carbons (Fsp3) is 0.400. The van der Waals surface area contributed by atoms with E-state index < -0.39 is 0 Å².